The van der Waals surface area contributed by atoms with E-state index in [1.54, 1.807) is 31.2 Å². The first-order valence-corrected chi connectivity index (χ1v) is 7.37. The normalized spacial score (nSPS) is 11.5. The number of benzene rings is 1. The van der Waals surface area contributed by atoms with Crippen LogP contribution < -0.4 is 0 Å². The highest BCUT2D eigenvalue weighted by Gasteiger charge is 2.30. The first-order valence-electron chi connectivity index (χ1n) is 7.37. The second-order valence-corrected chi connectivity index (χ2v) is 5.02. The van der Waals surface area contributed by atoms with Crippen molar-refractivity contribution in [2.24, 2.45) is 0 Å². The Labute approximate surface area is 134 Å². The fraction of sp³-hybridized carbons (Fsp3) is 0.438. The van der Waals surface area contributed by atoms with Gasteiger partial charge in [0.05, 0.1) is 0 Å². The quantitative estimate of drug-likeness (QED) is 0.723. The van der Waals surface area contributed by atoms with Crippen molar-refractivity contribution < 1.29 is 29.3 Å². The predicted octanol–water partition coefficient (Wildman–Crippen LogP) is 2.35. The summed E-state index contributed by atoms with van der Waals surface area (Å²) in [5.41, 5.74) is 0.787. The first-order chi connectivity index (χ1) is 11.0. The average molecular weight is 323 g/mol. The molecule has 0 unspecified atom stereocenters. The predicted molar refractivity (Wildman–Crippen MR) is 81.9 cm³/mol. The molecule has 0 spiro atoms. The molecule has 1 rings (SSSR count). The monoisotopic (exact) mass is 323 g/mol. The van der Waals surface area contributed by atoms with Crippen LogP contribution >= 0.6 is 0 Å². The van der Waals surface area contributed by atoms with Gasteiger partial charge in [-0.2, -0.15) is 0 Å². The third kappa shape index (κ3) is 6.37. The molecule has 1 aromatic rings. The van der Waals surface area contributed by atoms with Crippen LogP contribution in [-0.2, 0) is 20.9 Å². The summed E-state index contributed by atoms with van der Waals surface area (Å²) >= 11 is 0. The van der Waals surface area contributed by atoms with E-state index in [4.69, 9.17) is 9.84 Å². The molecule has 0 radical (unpaired) electrons. The van der Waals surface area contributed by atoms with Gasteiger partial charge in [-0.05, 0) is 18.4 Å². The van der Waals surface area contributed by atoms with Gasteiger partial charge in [0.15, 0.2) is 0 Å². The number of rotatable bonds is 9. The van der Waals surface area contributed by atoms with Gasteiger partial charge in [0.25, 0.3) is 0 Å². The minimum absolute atomic E-state index is 0.0329. The largest absolute Gasteiger partial charge is 0.481 e. The minimum Gasteiger partial charge on any atom is -0.481 e. The van der Waals surface area contributed by atoms with Crippen LogP contribution in [0.15, 0.2) is 30.3 Å². The van der Waals surface area contributed by atoms with Crippen LogP contribution in [0.2, 0.25) is 0 Å². The number of amides is 1. The summed E-state index contributed by atoms with van der Waals surface area (Å²) in [5.74, 6) is -2.35. The van der Waals surface area contributed by atoms with Crippen molar-refractivity contribution in [1.29, 1.82) is 0 Å². The van der Waals surface area contributed by atoms with E-state index in [0.717, 1.165) is 10.5 Å². The smallest absolute Gasteiger partial charge is 0.410 e. The lowest BCUT2D eigenvalue weighted by molar-refractivity contribution is -0.144. The van der Waals surface area contributed by atoms with Crippen LogP contribution in [0.5, 0.6) is 0 Å². The van der Waals surface area contributed by atoms with Crippen LogP contribution in [0.25, 0.3) is 0 Å². The van der Waals surface area contributed by atoms with Gasteiger partial charge in [0, 0.05) is 13.0 Å². The molecule has 0 heterocycles. The Morgan fingerprint density at radius 1 is 1.17 bits per heavy atom. The van der Waals surface area contributed by atoms with Gasteiger partial charge in [-0.25, -0.2) is 9.59 Å². The molecule has 0 saturated carbocycles. The second-order valence-electron chi connectivity index (χ2n) is 5.02. The van der Waals surface area contributed by atoms with Gasteiger partial charge in [0.1, 0.15) is 12.6 Å². The zero-order valence-corrected chi connectivity index (χ0v) is 13.0. The number of hydrogen-bond acceptors (Lipinski definition) is 4. The molecule has 7 heteroatoms. The van der Waals surface area contributed by atoms with E-state index in [0.29, 0.717) is 6.42 Å². The zero-order chi connectivity index (χ0) is 17.2. The van der Waals surface area contributed by atoms with Crippen molar-refractivity contribution in [3.05, 3.63) is 35.9 Å². The van der Waals surface area contributed by atoms with Gasteiger partial charge >= 0.3 is 18.0 Å². The molecule has 1 atom stereocenters. The minimum atomic E-state index is -1.24. The highest BCUT2D eigenvalue weighted by atomic mass is 16.6. The number of hydrogen-bond donors (Lipinski definition) is 2. The van der Waals surface area contributed by atoms with Gasteiger partial charge in [-0.3, -0.25) is 9.69 Å². The van der Waals surface area contributed by atoms with Crippen LogP contribution in [0, 0.1) is 0 Å². The molecular formula is C16H21NO6. The first kappa shape index (κ1) is 18.5. The van der Waals surface area contributed by atoms with Gasteiger partial charge in [-0.1, -0.05) is 37.3 Å². The van der Waals surface area contributed by atoms with Crippen molar-refractivity contribution in [2.75, 3.05) is 6.54 Å². The number of carboxylic acids is 2. The molecule has 2 N–H and O–H groups in total. The fourth-order valence-electron chi connectivity index (χ4n) is 2.09. The standard InChI is InChI=1S/C16H21NO6/c1-2-10-17(13(15(20)21)8-9-14(18)19)16(22)23-11-12-6-4-3-5-7-12/h3-7,13H,2,8-11H2,1H3,(H,18,19)(H,20,21)/t13-/m0/s1. The highest BCUT2D eigenvalue weighted by molar-refractivity contribution is 5.80. The summed E-state index contributed by atoms with van der Waals surface area (Å²) in [6, 6.07) is 7.81. The number of nitrogens with zero attached hydrogens (tertiary/aromatic N) is 1. The van der Waals surface area contributed by atoms with E-state index in [-0.39, 0.29) is 26.0 Å². The maximum absolute atomic E-state index is 12.2. The molecule has 0 aromatic heterocycles. The lowest BCUT2D eigenvalue weighted by Crippen LogP contribution is -2.46. The van der Waals surface area contributed by atoms with Crippen molar-refractivity contribution in [1.82, 2.24) is 4.90 Å². The van der Waals surface area contributed by atoms with Crippen molar-refractivity contribution in [2.45, 2.75) is 38.8 Å². The molecule has 0 fully saturated rings. The molecule has 0 bridgehead atoms. The molecular weight excluding hydrogens is 302 g/mol. The summed E-state index contributed by atoms with van der Waals surface area (Å²) in [6.45, 7) is 2.02. The third-order valence-corrected chi connectivity index (χ3v) is 3.20. The van der Waals surface area contributed by atoms with Crippen molar-refractivity contribution in [3.63, 3.8) is 0 Å². The zero-order valence-electron chi connectivity index (χ0n) is 13.0. The summed E-state index contributed by atoms with van der Waals surface area (Å²) in [5, 5.41) is 18.0. The number of carbonyl (C=O) groups is 3. The Balaban J connectivity index is 2.74. The molecule has 1 amide bonds. The molecule has 126 valence electrons. The maximum atomic E-state index is 12.2. The van der Waals surface area contributed by atoms with Gasteiger partial charge < -0.3 is 14.9 Å². The molecule has 0 aliphatic rings. The fourth-order valence-corrected chi connectivity index (χ4v) is 2.09. The topological polar surface area (TPSA) is 104 Å². The van der Waals surface area contributed by atoms with E-state index in [1.165, 1.54) is 0 Å². The molecule has 0 aliphatic heterocycles. The number of carboxylic acid groups (broad SMARTS) is 2. The summed E-state index contributed by atoms with van der Waals surface area (Å²) in [4.78, 5) is 35.3. The van der Waals surface area contributed by atoms with Crippen LogP contribution in [-0.4, -0.2) is 45.7 Å². The SMILES string of the molecule is CCCN(C(=O)OCc1ccccc1)[C@@H](CCC(=O)O)C(=O)O. The molecule has 23 heavy (non-hydrogen) atoms. The Bertz CT molecular complexity index is 531. The van der Waals surface area contributed by atoms with E-state index < -0.39 is 24.1 Å². The summed E-state index contributed by atoms with van der Waals surface area (Å²) < 4.78 is 5.16. The van der Waals surface area contributed by atoms with Crippen LogP contribution in [0.1, 0.15) is 31.7 Å². The molecule has 0 aliphatic carbocycles. The van der Waals surface area contributed by atoms with Crippen LogP contribution in [0.4, 0.5) is 4.79 Å². The van der Waals surface area contributed by atoms with Crippen LogP contribution in [0.3, 0.4) is 0 Å². The van der Waals surface area contributed by atoms with Gasteiger partial charge in [-0.15, -0.1) is 0 Å². The Hall–Kier alpha value is -2.57. The van der Waals surface area contributed by atoms with E-state index in [1.807, 2.05) is 6.07 Å². The number of ether oxygens (including phenoxy) is 1. The number of aliphatic carboxylic acids is 2. The summed E-state index contributed by atoms with van der Waals surface area (Å²) in [6.07, 6.45) is -0.709. The Morgan fingerprint density at radius 3 is 2.35 bits per heavy atom. The van der Waals surface area contributed by atoms with E-state index in [2.05, 4.69) is 0 Å². The third-order valence-electron chi connectivity index (χ3n) is 3.20. The average Bonchev–Trinajstić information content (AvgIpc) is 2.52. The highest BCUT2D eigenvalue weighted by Crippen LogP contribution is 2.12. The number of carbonyl (C=O) groups excluding carboxylic acids is 1. The van der Waals surface area contributed by atoms with Crippen molar-refractivity contribution >= 4 is 18.0 Å². The lowest BCUT2D eigenvalue weighted by atomic mass is 10.1. The lowest BCUT2D eigenvalue weighted by Gasteiger charge is -2.27. The molecule has 0 saturated heterocycles. The second kappa shape index (κ2) is 9.45. The Morgan fingerprint density at radius 2 is 1.83 bits per heavy atom. The molecule has 1 aromatic carbocycles. The van der Waals surface area contributed by atoms with Gasteiger partial charge in [0.2, 0.25) is 0 Å². The summed E-state index contributed by atoms with van der Waals surface area (Å²) in [7, 11) is 0. The van der Waals surface area contributed by atoms with E-state index in [9.17, 15) is 19.5 Å². The van der Waals surface area contributed by atoms with Crippen molar-refractivity contribution in [3.8, 4) is 0 Å². The maximum Gasteiger partial charge on any atom is 0.410 e. The Kier molecular flexibility index (Phi) is 7.59. The van der Waals surface area contributed by atoms with E-state index >= 15 is 0 Å². The molecule has 7 nitrogen and oxygen atoms in total.